The molecule has 5 nitrogen and oxygen atoms in total. The van der Waals surface area contributed by atoms with Gasteiger partial charge in [-0.2, -0.15) is 0 Å². The molecule has 2 amide bonds. The maximum Gasteiger partial charge on any atom is 0.495 e. The van der Waals surface area contributed by atoms with Crippen LogP contribution in [-0.4, -0.2) is 42.1 Å². The molecular formula is C29H24BNO4. The minimum Gasteiger partial charge on any atom is -0.399 e. The summed E-state index contributed by atoms with van der Waals surface area (Å²) in [7, 11) is 1.08. The van der Waals surface area contributed by atoms with Gasteiger partial charge in [-0.3, -0.25) is 14.5 Å². The number of nitrogens with zero attached hydrogens (tertiary/aromatic N) is 1. The largest absolute Gasteiger partial charge is 0.495 e. The second-order valence-corrected chi connectivity index (χ2v) is 10.8. The first-order valence-electron chi connectivity index (χ1n) is 11.9. The molecule has 0 saturated carbocycles. The molecule has 2 heterocycles. The molecule has 0 unspecified atom stereocenters. The quantitative estimate of drug-likeness (QED) is 0.148. The Balaban J connectivity index is 1.59. The van der Waals surface area contributed by atoms with Crippen molar-refractivity contribution in [3.63, 3.8) is 0 Å². The highest BCUT2D eigenvalue weighted by molar-refractivity contribution is 6.66. The molecule has 2 aliphatic heterocycles. The van der Waals surface area contributed by atoms with Crippen LogP contribution in [0.3, 0.4) is 0 Å². The van der Waals surface area contributed by atoms with E-state index in [4.69, 9.17) is 9.31 Å². The molecule has 7 rings (SSSR count). The Morgan fingerprint density at radius 2 is 1.11 bits per heavy atom. The van der Waals surface area contributed by atoms with Crippen LogP contribution in [-0.2, 0) is 9.31 Å². The number of carbonyl (C=O) groups excluding carboxylic acids is 2. The summed E-state index contributed by atoms with van der Waals surface area (Å²) < 4.78 is 12.8. The van der Waals surface area contributed by atoms with E-state index < -0.39 is 18.3 Å². The zero-order valence-corrected chi connectivity index (χ0v) is 20.4. The third kappa shape index (κ3) is 2.46. The third-order valence-electron chi connectivity index (χ3n) is 8.39. The normalized spacial score (nSPS) is 19.2. The summed E-state index contributed by atoms with van der Waals surface area (Å²) in [6.07, 6.45) is 0. The van der Waals surface area contributed by atoms with E-state index in [1.807, 2.05) is 24.3 Å². The minimum atomic E-state index is -0.466. The number of imide groups is 1. The molecule has 35 heavy (non-hydrogen) atoms. The van der Waals surface area contributed by atoms with Crippen LogP contribution in [0, 0.1) is 0 Å². The van der Waals surface area contributed by atoms with Crippen LogP contribution in [0.4, 0.5) is 0 Å². The summed E-state index contributed by atoms with van der Waals surface area (Å²) >= 11 is 0. The first-order valence-corrected chi connectivity index (χ1v) is 11.9. The molecule has 6 heteroatoms. The molecule has 5 aromatic carbocycles. The molecule has 0 aromatic heterocycles. The molecule has 0 N–H and O–H groups in total. The summed E-state index contributed by atoms with van der Waals surface area (Å²) in [6.45, 7) is 8.26. The zero-order valence-electron chi connectivity index (χ0n) is 20.4. The van der Waals surface area contributed by atoms with Crippen LogP contribution in [0.2, 0.25) is 0 Å². The standard InChI is InChI=1S/C29H24BNO4/c1-28(2)29(3,4)35-30(34-28)22-14-13-16-18-10-12-21-25-20(26(32)31(5)27(21)33)11-9-17(24(18)25)15-7-6-8-19(22)23(15)16/h6-14H,1-5H3. The Morgan fingerprint density at radius 3 is 1.71 bits per heavy atom. The van der Waals surface area contributed by atoms with Crippen molar-refractivity contribution in [1.82, 2.24) is 4.90 Å². The fourth-order valence-corrected chi connectivity index (χ4v) is 5.81. The Labute approximate surface area is 203 Å². The van der Waals surface area contributed by atoms with Gasteiger partial charge in [0.25, 0.3) is 11.8 Å². The van der Waals surface area contributed by atoms with Crippen molar-refractivity contribution in [2.45, 2.75) is 38.9 Å². The number of hydrogen-bond acceptors (Lipinski definition) is 4. The summed E-state index contributed by atoms with van der Waals surface area (Å²) in [6, 6.07) is 18.3. The predicted octanol–water partition coefficient (Wildman–Crippen LogP) is 5.26. The Hall–Kier alpha value is -3.48. The molecule has 2 aliphatic rings. The smallest absolute Gasteiger partial charge is 0.399 e. The van der Waals surface area contributed by atoms with Crippen molar-refractivity contribution in [2.24, 2.45) is 0 Å². The third-order valence-corrected chi connectivity index (χ3v) is 8.39. The minimum absolute atomic E-state index is 0.258. The molecular weight excluding hydrogens is 437 g/mol. The van der Waals surface area contributed by atoms with Crippen molar-refractivity contribution in [3.05, 3.63) is 65.7 Å². The van der Waals surface area contributed by atoms with E-state index >= 15 is 0 Å². The molecule has 0 atom stereocenters. The molecule has 0 spiro atoms. The highest BCUT2D eigenvalue weighted by Crippen LogP contribution is 2.44. The second-order valence-electron chi connectivity index (χ2n) is 10.8. The van der Waals surface area contributed by atoms with Gasteiger partial charge in [0.15, 0.2) is 0 Å². The lowest BCUT2D eigenvalue weighted by atomic mass is 9.74. The average Bonchev–Trinajstić information content (AvgIpc) is 3.05. The van der Waals surface area contributed by atoms with Crippen molar-refractivity contribution >= 4 is 67.5 Å². The molecule has 0 bridgehead atoms. The summed E-state index contributed by atoms with van der Waals surface area (Å²) in [5.41, 5.74) is 1.30. The van der Waals surface area contributed by atoms with E-state index in [0.29, 0.717) is 11.1 Å². The highest BCUT2D eigenvalue weighted by Gasteiger charge is 2.52. The number of carbonyl (C=O) groups is 2. The van der Waals surface area contributed by atoms with Crippen LogP contribution in [0.5, 0.6) is 0 Å². The van der Waals surface area contributed by atoms with E-state index in [2.05, 4.69) is 58.0 Å². The maximum absolute atomic E-state index is 13.0. The van der Waals surface area contributed by atoms with Gasteiger partial charge in [-0.1, -0.05) is 42.5 Å². The van der Waals surface area contributed by atoms with Gasteiger partial charge < -0.3 is 9.31 Å². The van der Waals surface area contributed by atoms with Crippen molar-refractivity contribution in [3.8, 4) is 0 Å². The van der Waals surface area contributed by atoms with Gasteiger partial charge in [0.2, 0.25) is 0 Å². The number of fused-ring (bicyclic) bond motifs is 2. The van der Waals surface area contributed by atoms with Crippen molar-refractivity contribution < 1.29 is 18.9 Å². The zero-order chi connectivity index (χ0) is 24.4. The summed E-state index contributed by atoms with van der Waals surface area (Å²) in [5.74, 6) is -0.516. The van der Waals surface area contributed by atoms with Gasteiger partial charge in [0.05, 0.1) is 11.2 Å². The fraction of sp³-hybridized carbons (Fsp3) is 0.241. The highest BCUT2D eigenvalue weighted by atomic mass is 16.7. The van der Waals surface area contributed by atoms with Gasteiger partial charge in [-0.15, -0.1) is 0 Å². The van der Waals surface area contributed by atoms with Gasteiger partial charge in [-0.25, -0.2) is 0 Å². The SMILES string of the molecule is CN1C(=O)c2ccc3c4cccc5c(B6OC(C)(C)C(C)(C)O6)ccc(c6ccc(c2c36)C1=O)c54. The lowest BCUT2D eigenvalue weighted by Crippen LogP contribution is -2.41. The topological polar surface area (TPSA) is 55.8 Å². The number of amides is 2. The average molecular weight is 461 g/mol. The number of rotatable bonds is 1. The number of hydrogen-bond donors (Lipinski definition) is 0. The van der Waals surface area contributed by atoms with Gasteiger partial charge in [0, 0.05) is 23.6 Å². The van der Waals surface area contributed by atoms with E-state index in [9.17, 15) is 9.59 Å². The molecule has 0 aliphatic carbocycles. The van der Waals surface area contributed by atoms with E-state index in [1.165, 1.54) is 4.90 Å². The van der Waals surface area contributed by atoms with Gasteiger partial charge in [0.1, 0.15) is 0 Å². The second kappa shape index (κ2) is 6.39. The maximum atomic E-state index is 13.0. The molecule has 5 aromatic rings. The van der Waals surface area contributed by atoms with E-state index in [1.54, 1.807) is 7.05 Å². The van der Waals surface area contributed by atoms with Crippen molar-refractivity contribution in [2.75, 3.05) is 7.05 Å². The lowest BCUT2D eigenvalue weighted by Gasteiger charge is -2.32. The van der Waals surface area contributed by atoms with Gasteiger partial charge >= 0.3 is 7.12 Å². The lowest BCUT2D eigenvalue weighted by molar-refractivity contribution is 0.00578. The predicted molar refractivity (Wildman–Crippen MR) is 140 cm³/mol. The van der Waals surface area contributed by atoms with E-state index in [-0.39, 0.29) is 11.8 Å². The van der Waals surface area contributed by atoms with Crippen LogP contribution in [0.15, 0.2) is 54.6 Å². The Bertz CT molecular complexity index is 1680. The summed E-state index contributed by atoms with van der Waals surface area (Å²) in [4.78, 5) is 27.1. The number of benzene rings is 5. The molecule has 1 fully saturated rings. The van der Waals surface area contributed by atoms with Crippen LogP contribution in [0.25, 0.3) is 43.1 Å². The van der Waals surface area contributed by atoms with Crippen LogP contribution in [0.1, 0.15) is 48.4 Å². The van der Waals surface area contributed by atoms with Crippen molar-refractivity contribution in [1.29, 1.82) is 0 Å². The molecule has 1 saturated heterocycles. The first kappa shape index (κ1) is 20.9. The van der Waals surface area contributed by atoms with E-state index in [0.717, 1.165) is 48.6 Å². The van der Waals surface area contributed by atoms with Crippen LogP contribution >= 0.6 is 0 Å². The van der Waals surface area contributed by atoms with Gasteiger partial charge in [-0.05, 0) is 83.0 Å². The monoisotopic (exact) mass is 461 g/mol. The van der Waals surface area contributed by atoms with Crippen LogP contribution < -0.4 is 5.46 Å². The fourth-order valence-electron chi connectivity index (χ4n) is 5.81. The Morgan fingerprint density at radius 1 is 0.629 bits per heavy atom. The summed E-state index contributed by atoms with van der Waals surface area (Å²) in [5, 5.41) is 8.20. The molecule has 0 radical (unpaired) electrons. The molecule has 172 valence electrons. The first-order chi connectivity index (χ1) is 16.6. The Kier molecular flexibility index (Phi) is 3.81.